The zero-order valence-electron chi connectivity index (χ0n) is 19.9. The van der Waals surface area contributed by atoms with Crippen LogP contribution in [0.1, 0.15) is 12.0 Å². The summed E-state index contributed by atoms with van der Waals surface area (Å²) in [5.41, 5.74) is 3.33. The number of aromatic nitrogens is 2. The molecule has 0 spiro atoms. The van der Waals surface area contributed by atoms with E-state index in [4.69, 9.17) is 14.2 Å². The second-order valence-electron chi connectivity index (χ2n) is 8.80. The van der Waals surface area contributed by atoms with Crippen molar-refractivity contribution in [2.45, 2.75) is 19.6 Å². The summed E-state index contributed by atoms with van der Waals surface area (Å²) in [5, 5.41) is 2.76. The number of carbonyl (C=O) groups is 2. The Morgan fingerprint density at radius 2 is 2.11 bits per heavy atom. The Labute approximate surface area is 207 Å². The van der Waals surface area contributed by atoms with Gasteiger partial charge in [-0.2, -0.15) is 0 Å². The van der Waals surface area contributed by atoms with E-state index < -0.39 is 24.3 Å². The van der Waals surface area contributed by atoms with Crippen LogP contribution in [0.5, 0.6) is 5.88 Å². The number of cyclic esters (lactones) is 1. The lowest BCUT2D eigenvalue weighted by Gasteiger charge is -2.20. The number of benzene rings is 1. The van der Waals surface area contributed by atoms with Crippen LogP contribution in [-0.2, 0) is 9.47 Å². The molecule has 10 nitrogen and oxygen atoms in total. The fourth-order valence-electron chi connectivity index (χ4n) is 4.43. The topological polar surface area (TPSA) is 106 Å². The number of nitrogens with one attached hydrogen (secondary N) is 1. The maximum absolute atomic E-state index is 13.9. The van der Waals surface area contributed by atoms with E-state index in [1.165, 1.54) is 11.0 Å². The fraction of sp³-hybridized carbons (Fsp3) is 0.360. The number of nitrogens with zero attached hydrogens (tertiary/aromatic N) is 4. The molecule has 2 atom stereocenters. The number of alkyl carbamates (subject to hydrolysis) is 1. The first-order valence-electron chi connectivity index (χ1n) is 11.6. The number of hydrogen-bond acceptors (Lipinski definition) is 8. The van der Waals surface area contributed by atoms with Gasteiger partial charge in [-0.05, 0) is 49.1 Å². The molecule has 11 heteroatoms. The van der Waals surface area contributed by atoms with Crippen molar-refractivity contribution < 1.29 is 28.2 Å². The molecule has 1 aromatic carbocycles. The summed E-state index contributed by atoms with van der Waals surface area (Å²) < 4.78 is 29.5. The second-order valence-corrected chi connectivity index (χ2v) is 8.80. The highest BCUT2D eigenvalue weighted by Crippen LogP contribution is 2.30. The van der Waals surface area contributed by atoms with Crippen molar-refractivity contribution in [3.8, 4) is 5.88 Å². The van der Waals surface area contributed by atoms with Gasteiger partial charge in [0.2, 0.25) is 5.88 Å². The Kier molecular flexibility index (Phi) is 6.45. The lowest BCUT2D eigenvalue weighted by atomic mass is 10.1. The smallest absolute Gasteiger partial charge is 0.417 e. The van der Waals surface area contributed by atoms with Gasteiger partial charge in [-0.3, -0.25) is 9.88 Å². The van der Waals surface area contributed by atoms with Crippen molar-refractivity contribution in [3.05, 3.63) is 54.0 Å². The third-order valence-electron chi connectivity index (χ3n) is 6.40. The number of pyridine rings is 2. The molecule has 0 radical (unpaired) electrons. The largest absolute Gasteiger partial charge is 0.481 e. The van der Waals surface area contributed by atoms with Gasteiger partial charge in [-0.25, -0.2) is 19.0 Å². The number of rotatable bonds is 6. The van der Waals surface area contributed by atoms with E-state index in [1.807, 2.05) is 12.1 Å². The molecule has 0 saturated carbocycles. The van der Waals surface area contributed by atoms with Crippen LogP contribution < -0.4 is 19.9 Å². The molecule has 2 aliphatic heterocycles. The van der Waals surface area contributed by atoms with Crippen molar-refractivity contribution in [1.82, 2.24) is 15.3 Å². The van der Waals surface area contributed by atoms with E-state index >= 15 is 0 Å². The first-order valence-corrected chi connectivity index (χ1v) is 11.6. The molecule has 2 aliphatic rings. The number of aryl methyl sites for hydroxylation is 1. The average molecular weight is 496 g/mol. The lowest BCUT2D eigenvalue weighted by molar-refractivity contribution is -0.0294. The summed E-state index contributed by atoms with van der Waals surface area (Å²) in [6, 6.07) is 10.0. The van der Waals surface area contributed by atoms with E-state index in [1.54, 1.807) is 38.4 Å². The highest BCUT2D eigenvalue weighted by atomic mass is 19.1. The van der Waals surface area contributed by atoms with Crippen LogP contribution >= 0.6 is 0 Å². The summed E-state index contributed by atoms with van der Waals surface area (Å²) in [7, 11) is 1.58. The van der Waals surface area contributed by atoms with E-state index in [-0.39, 0.29) is 12.5 Å². The number of hydrogen-bond donors (Lipinski definition) is 1. The van der Waals surface area contributed by atoms with Crippen LogP contribution in [0.4, 0.5) is 25.4 Å². The van der Waals surface area contributed by atoms with Crippen molar-refractivity contribution in [2.75, 3.05) is 43.1 Å². The number of ether oxygens (including phenoxy) is 3. The van der Waals surface area contributed by atoms with Gasteiger partial charge in [0.25, 0.3) is 6.29 Å². The highest BCUT2D eigenvalue weighted by Gasteiger charge is 2.35. The molecule has 2 fully saturated rings. The first-order chi connectivity index (χ1) is 17.4. The summed E-state index contributed by atoms with van der Waals surface area (Å²) in [4.78, 5) is 36.9. The molecule has 5 rings (SSSR count). The van der Waals surface area contributed by atoms with Gasteiger partial charge in [0, 0.05) is 31.9 Å². The molecular formula is C25H26FN5O5. The number of amides is 2. The van der Waals surface area contributed by atoms with Gasteiger partial charge in [0.1, 0.15) is 17.9 Å². The highest BCUT2D eigenvalue weighted by molar-refractivity contribution is 5.90. The maximum atomic E-state index is 13.9. The van der Waals surface area contributed by atoms with E-state index in [0.717, 1.165) is 36.2 Å². The number of fused-ring (bicyclic) bond motifs is 1. The molecule has 4 heterocycles. The molecule has 0 bridgehead atoms. The Morgan fingerprint density at radius 1 is 1.25 bits per heavy atom. The van der Waals surface area contributed by atoms with Crippen LogP contribution in [0, 0.1) is 18.7 Å². The summed E-state index contributed by atoms with van der Waals surface area (Å²) in [6.07, 6.45) is 0.179. The van der Waals surface area contributed by atoms with Gasteiger partial charge in [0.15, 0.2) is 0 Å². The van der Waals surface area contributed by atoms with Crippen LogP contribution in [0.3, 0.4) is 0 Å². The Hall–Kier alpha value is -4.15. The van der Waals surface area contributed by atoms with E-state index in [2.05, 4.69) is 20.2 Å². The van der Waals surface area contributed by atoms with Crippen molar-refractivity contribution in [3.63, 3.8) is 0 Å². The monoisotopic (exact) mass is 495 g/mol. The van der Waals surface area contributed by atoms with Gasteiger partial charge < -0.3 is 24.4 Å². The average Bonchev–Trinajstić information content (AvgIpc) is 3.50. The SMILES string of the molecule is COc1ccc2nccc(N3CCC(CNC(=O)O[C@@H]4CN(c5ccc(C)c(F)c5)C(=O)O4)C3)c2n1. The summed E-state index contributed by atoms with van der Waals surface area (Å²) in [5.74, 6) is 0.294. The van der Waals surface area contributed by atoms with Crippen molar-refractivity contribution in [2.24, 2.45) is 5.92 Å². The first kappa shape index (κ1) is 23.6. The van der Waals surface area contributed by atoms with Gasteiger partial charge in [0.05, 0.1) is 24.0 Å². The van der Waals surface area contributed by atoms with Crippen molar-refractivity contribution in [1.29, 1.82) is 0 Å². The number of halogens is 1. The molecule has 2 aromatic heterocycles. The zero-order chi connectivity index (χ0) is 25.2. The number of anilines is 2. The van der Waals surface area contributed by atoms with Crippen LogP contribution in [0.2, 0.25) is 0 Å². The minimum Gasteiger partial charge on any atom is -0.481 e. The normalized spacial score (nSPS) is 19.5. The summed E-state index contributed by atoms with van der Waals surface area (Å²) >= 11 is 0. The number of carbonyl (C=O) groups excluding carboxylic acids is 2. The van der Waals surface area contributed by atoms with Gasteiger partial charge in [-0.15, -0.1) is 0 Å². The van der Waals surface area contributed by atoms with E-state index in [9.17, 15) is 14.0 Å². The Morgan fingerprint density at radius 3 is 2.92 bits per heavy atom. The van der Waals surface area contributed by atoms with Crippen molar-refractivity contribution >= 4 is 34.6 Å². The molecule has 0 aliphatic carbocycles. The molecule has 2 saturated heterocycles. The molecular weight excluding hydrogens is 469 g/mol. The second kappa shape index (κ2) is 9.84. The summed E-state index contributed by atoms with van der Waals surface area (Å²) in [6.45, 7) is 3.56. The third kappa shape index (κ3) is 4.81. The standard InChI is InChI=1S/C25H26FN5O5/c1-15-3-4-17(11-18(15)26)31-14-22(36-25(31)33)35-24(32)28-12-16-8-10-30(13-16)20-7-9-27-19-5-6-21(34-2)29-23(19)20/h3-7,9,11,16,22H,8,10,12-14H2,1-2H3,(H,28,32)/t16?,22-/m0/s1. The maximum Gasteiger partial charge on any atom is 0.417 e. The molecule has 3 aromatic rings. The molecule has 188 valence electrons. The minimum atomic E-state index is -1.08. The van der Waals surface area contributed by atoms with Crippen LogP contribution in [-0.4, -0.2) is 61.7 Å². The predicted octanol–water partition coefficient (Wildman–Crippen LogP) is 3.62. The number of methoxy groups -OCH3 is 1. The molecule has 36 heavy (non-hydrogen) atoms. The molecule has 1 N–H and O–H groups in total. The quantitative estimate of drug-likeness (QED) is 0.553. The Balaban J connectivity index is 1.14. The fourth-order valence-corrected chi connectivity index (χ4v) is 4.43. The Bertz CT molecular complexity index is 1310. The molecule has 2 amide bonds. The van der Waals surface area contributed by atoms with Crippen LogP contribution in [0.15, 0.2) is 42.6 Å². The molecule has 1 unspecified atom stereocenters. The van der Waals surface area contributed by atoms with Gasteiger partial charge in [-0.1, -0.05) is 6.07 Å². The minimum absolute atomic E-state index is 0.0163. The zero-order valence-corrected chi connectivity index (χ0v) is 19.9. The predicted molar refractivity (Wildman–Crippen MR) is 130 cm³/mol. The van der Waals surface area contributed by atoms with Gasteiger partial charge >= 0.3 is 12.2 Å². The van der Waals surface area contributed by atoms with E-state index in [0.29, 0.717) is 23.7 Å². The lowest BCUT2D eigenvalue weighted by Crippen LogP contribution is -2.35. The third-order valence-corrected chi connectivity index (χ3v) is 6.40. The van der Waals surface area contributed by atoms with Crippen LogP contribution in [0.25, 0.3) is 11.0 Å².